The van der Waals surface area contributed by atoms with E-state index < -0.39 is 6.09 Å². The smallest absolute Gasteiger partial charge is 0.411 e. The lowest BCUT2D eigenvalue weighted by Crippen LogP contribution is -2.11. The highest BCUT2D eigenvalue weighted by Gasteiger charge is 2.01. The zero-order valence-corrected chi connectivity index (χ0v) is 13.1. The van der Waals surface area contributed by atoms with E-state index >= 15 is 0 Å². The van der Waals surface area contributed by atoms with Crippen molar-refractivity contribution in [2.45, 2.75) is 32.9 Å². The molecule has 2 N–H and O–H groups in total. The van der Waals surface area contributed by atoms with Crippen LogP contribution in [0.25, 0.3) is 0 Å². The van der Waals surface area contributed by atoms with Crippen LogP contribution < -0.4 is 5.32 Å². The minimum atomic E-state index is -1.15. The molecule has 2 heterocycles. The maximum absolute atomic E-state index is 10.2. The number of carbonyl (C=O) groups is 1. The first-order chi connectivity index (χ1) is 9.76. The third-order valence-corrected chi connectivity index (χ3v) is 2.37. The Hall–Kier alpha value is -2.22. The number of nitrogens with one attached hydrogen (secondary N) is 1. The molecule has 0 radical (unpaired) electrons. The van der Waals surface area contributed by atoms with E-state index in [1.165, 1.54) is 0 Å². The molecule has 0 aromatic carbocycles. The Labute approximate surface area is 128 Å². The predicted octanol–water partition coefficient (Wildman–Crippen LogP) is 2.57. The van der Waals surface area contributed by atoms with Crippen molar-refractivity contribution in [2.24, 2.45) is 0 Å². The summed E-state index contributed by atoms with van der Waals surface area (Å²) in [5, 5.41) is 11.0. The Balaban J connectivity index is 0.000000219. The maximum Gasteiger partial charge on any atom is 0.411 e. The summed E-state index contributed by atoms with van der Waals surface area (Å²) in [7, 11) is 0. The van der Waals surface area contributed by atoms with Gasteiger partial charge in [0.2, 0.25) is 5.95 Å². The second-order valence-corrected chi connectivity index (χ2v) is 4.76. The fourth-order valence-corrected chi connectivity index (χ4v) is 1.90. The summed E-state index contributed by atoms with van der Waals surface area (Å²) in [6.07, 6.45) is -1.15. The van der Waals surface area contributed by atoms with Crippen molar-refractivity contribution >= 4 is 24.7 Å². The summed E-state index contributed by atoms with van der Waals surface area (Å²) in [5.41, 5.74) is 3.41. The van der Waals surface area contributed by atoms with Crippen LogP contribution in [0.2, 0.25) is 0 Å². The van der Waals surface area contributed by atoms with Crippen molar-refractivity contribution in [1.82, 2.24) is 19.9 Å². The number of rotatable bonds is 1. The monoisotopic (exact) mass is 307 g/mol. The molecule has 0 fully saturated rings. The number of hydrogen-bond donors (Lipinski definition) is 3. The third kappa shape index (κ3) is 6.66. The second-order valence-electron chi connectivity index (χ2n) is 4.36. The quantitative estimate of drug-likeness (QED) is 0.553. The Morgan fingerprint density at radius 1 is 0.952 bits per heavy atom. The minimum absolute atomic E-state index is 0.125. The number of anilines is 1. The molecule has 1 amide bonds. The molecular weight excluding hydrogens is 290 g/mol. The van der Waals surface area contributed by atoms with Crippen LogP contribution in [-0.4, -0.2) is 31.1 Å². The molecule has 21 heavy (non-hydrogen) atoms. The van der Waals surface area contributed by atoms with Gasteiger partial charge in [0, 0.05) is 22.8 Å². The highest BCUT2D eigenvalue weighted by atomic mass is 32.1. The summed E-state index contributed by atoms with van der Waals surface area (Å²) >= 11 is 4.00. The Kier molecular flexibility index (Phi) is 6.04. The number of hydrogen-bond acceptors (Lipinski definition) is 6. The van der Waals surface area contributed by atoms with Crippen LogP contribution in [0.3, 0.4) is 0 Å². The molecule has 0 unspecified atom stereocenters. The first-order valence-electron chi connectivity index (χ1n) is 6.09. The van der Waals surface area contributed by atoms with E-state index in [0.717, 1.165) is 22.8 Å². The van der Waals surface area contributed by atoms with Gasteiger partial charge in [-0.05, 0) is 39.8 Å². The molecule has 0 aliphatic carbocycles. The number of carboxylic acid groups (broad SMARTS) is 1. The Morgan fingerprint density at radius 3 is 1.67 bits per heavy atom. The van der Waals surface area contributed by atoms with Crippen molar-refractivity contribution in [3.05, 3.63) is 34.9 Å². The van der Waals surface area contributed by atoms with Gasteiger partial charge in [0.15, 0.2) is 5.16 Å². The van der Waals surface area contributed by atoms with Crippen molar-refractivity contribution < 1.29 is 9.90 Å². The van der Waals surface area contributed by atoms with Gasteiger partial charge in [0.1, 0.15) is 0 Å². The molecule has 0 saturated heterocycles. The second kappa shape index (κ2) is 7.53. The summed E-state index contributed by atoms with van der Waals surface area (Å²) in [5.74, 6) is 0.125. The first-order valence-corrected chi connectivity index (χ1v) is 6.54. The molecule has 0 bridgehead atoms. The Bertz CT molecular complexity index is 578. The highest BCUT2D eigenvalue weighted by molar-refractivity contribution is 7.80. The van der Waals surface area contributed by atoms with Gasteiger partial charge in [0.25, 0.3) is 0 Å². The lowest BCUT2D eigenvalue weighted by Gasteiger charge is -2.00. The average molecular weight is 307 g/mol. The number of amides is 1. The summed E-state index contributed by atoms with van der Waals surface area (Å²) in [4.78, 5) is 25.9. The molecule has 0 aliphatic heterocycles. The largest absolute Gasteiger partial charge is 0.465 e. The van der Waals surface area contributed by atoms with Crippen molar-refractivity contribution in [1.29, 1.82) is 0 Å². The fraction of sp³-hybridized carbons (Fsp3) is 0.308. The molecule has 8 heteroatoms. The Morgan fingerprint density at radius 2 is 1.33 bits per heavy atom. The van der Waals surface area contributed by atoms with E-state index in [1.807, 2.05) is 19.9 Å². The topological polar surface area (TPSA) is 101 Å². The van der Waals surface area contributed by atoms with Gasteiger partial charge in [-0.15, -0.1) is 12.6 Å². The number of aryl methyl sites for hydroxylation is 4. The van der Waals surface area contributed by atoms with Gasteiger partial charge < -0.3 is 5.11 Å². The number of thiol groups is 1. The van der Waals surface area contributed by atoms with Crippen LogP contribution in [0.1, 0.15) is 22.8 Å². The molecule has 0 aliphatic rings. The fourth-order valence-electron chi connectivity index (χ4n) is 1.58. The van der Waals surface area contributed by atoms with E-state index in [1.54, 1.807) is 19.9 Å². The SMILES string of the molecule is Cc1cc(C)nc(NC(=O)O)n1.Cc1cc(C)nc(S)n1. The standard InChI is InChI=1S/C7H9N3O2.C6H8N2S/c1-4-3-5(2)9-6(8-4)10-7(11)12;1-4-3-5(2)8-6(9)7-4/h3H,1-2H3,(H,11,12)(H,8,9,10);3H,1-2H3,(H,7,8,9). The van der Waals surface area contributed by atoms with E-state index in [9.17, 15) is 4.79 Å². The normalized spacial score (nSPS) is 9.57. The predicted molar refractivity (Wildman–Crippen MR) is 81.9 cm³/mol. The van der Waals surface area contributed by atoms with Crippen LogP contribution in [0, 0.1) is 27.7 Å². The number of aromatic nitrogens is 4. The van der Waals surface area contributed by atoms with Crippen LogP contribution in [0.15, 0.2) is 17.3 Å². The molecule has 0 atom stereocenters. The summed E-state index contributed by atoms with van der Waals surface area (Å²) < 4.78 is 0. The maximum atomic E-state index is 10.2. The highest BCUT2D eigenvalue weighted by Crippen LogP contribution is 2.03. The molecule has 112 valence electrons. The van der Waals surface area contributed by atoms with E-state index in [-0.39, 0.29) is 5.95 Å². The van der Waals surface area contributed by atoms with E-state index in [0.29, 0.717) is 5.16 Å². The van der Waals surface area contributed by atoms with Gasteiger partial charge in [-0.25, -0.2) is 24.7 Å². The molecule has 7 nitrogen and oxygen atoms in total. The van der Waals surface area contributed by atoms with Crippen LogP contribution in [0.4, 0.5) is 10.7 Å². The lowest BCUT2D eigenvalue weighted by atomic mass is 10.4. The molecule has 0 saturated carbocycles. The molecule has 2 aromatic rings. The van der Waals surface area contributed by atoms with Crippen LogP contribution >= 0.6 is 12.6 Å². The van der Waals surface area contributed by atoms with Gasteiger partial charge >= 0.3 is 6.09 Å². The first kappa shape index (κ1) is 16.8. The average Bonchev–Trinajstić information content (AvgIpc) is 2.24. The zero-order chi connectivity index (χ0) is 16.0. The van der Waals surface area contributed by atoms with Crippen LogP contribution in [-0.2, 0) is 0 Å². The molecule has 0 spiro atoms. The summed E-state index contributed by atoms with van der Waals surface area (Å²) in [6.45, 7) is 7.41. The summed E-state index contributed by atoms with van der Waals surface area (Å²) in [6, 6.07) is 3.69. The molecule has 2 aromatic heterocycles. The zero-order valence-electron chi connectivity index (χ0n) is 12.2. The van der Waals surface area contributed by atoms with Crippen molar-refractivity contribution in [3.8, 4) is 0 Å². The van der Waals surface area contributed by atoms with Gasteiger partial charge in [-0.1, -0.05) is 0 Å². The third-order valence-electron chi connectivity index (χ3n) is 2.17. The van der Waals surface area contributed by atoms with Crippen molar-refractivity contribution in [2.75, 3.05) is 5.32 Å². The van der Waals surface area contributed by atoms with Gasteiger partial charge in [0.05, 0.1) is 0 Å². The van der Waals surface area contributed by atoms with Gasteiger partial charge in [-0.2, -0.15) is 0 Å². The van der Waals surface area contributed by atoms with E-state index in [4.69, 9.17) is 5.11 Å². The minimum Gasteiger partial charge on any atom is -0.465 e. The number of nitrogens with zero attached hydrogens (tertiary/aromatic N) is 4. The molecule has 2 rings (SSSR count). The van der Waals surface area contributed by atoms with Crippen LogP contribution in [0.5, 0.6) is 0 Å². The lowest BCUT2D eigenvalue weighted by molar-refractivity contribution is 0.209. The van der Waals surface area contributed by atoms with Gasteiger partial charge in [-0.3, -0.25) is 5.32 Å². The van der Waals surface area contributed by atoms with E-state index in [2.05, 4.69) is 37.9 Å². The van der Waals surface area contributed by atoms with Crippen molar-refractivity contribution in [3.63, 3.8) is 0 Å². The molecular formula is C13H17N5O2S.